The molecule has 1 aliphatic carbocycles. The first kappa shape index (κ1) is 7.71. The maximum Gasteiger partial charge on any atom is 0.141 e. The van der Waals surface area contributed by atoms with Crippen molar-refractivity contribution in [2.24, 2.45) is 0 Å². The third-order valence-electron chi connectivity index (χ3n) is 2.60. The van der Waals surface area contributed by atoms with Crippen molar-refractivity contribution in [3.8, 4) is 0 Å². The van der Waals surface area contributed by atoms with E-state index in [2.05, 4.69) is 10.2 Å². The van der Waals surface area contributed by atoms with Gasteiger partial charge in [0.1, 0.15) is 18.3 Å². The fraction of sp³-hybridized carbons (Fsp3) is 0.750. The molecule has 0 aromatic carbocycles. The molecule has 1 heterocycles. The number of halogens is 1. The highest BCUT2D eigenvalue weighted by Crippen LogP contribution is 2.49. The van der Waals surface area contributed by atoms with Crippen LogP contribution in [-0.4, -0.2) is 20.9 Å². The lowest BCUT2D eigenvalue weighted by Crippen LogP contribution is -2.13. The van der Waals surface area contributed by atoms with E-state index in [0.29, 0.717) is 6.42 Å². The van der Waals surface area contributed by atoms with Crippen LogP contribution in [0.15, 0.2) is 6.33 Å². The van der Waals surface area contributed by atoms with Crippen LogP contribution in [0.3, 0.4) is 0 Å². The molecule has 1 aromatic heterocycles. The molecule has 0 aliphatic heterocycles. The Morgan fingerprint density at radius 3 is 3.00 bits per heavy atom. The Labute approximate surface area is 70.6 Å². The summed E-state index contributed by atoms with van der Waals surface area (Å²) in [5, 5.41) is 7.72. The number of rotatable bonds is 2. The van der Waals surface area contributed by atoms with Crippen LogP contribution in [-0.2, 0) is 12.0 Å². The number of aromatic nitrogens is 3. The van der Waals surface area contributed by atoms with Gasteiger partial charge in [0.2, 0.25) is 0 Å². The zero-order valence-electron chi connectivity index (χ0n) is 7.29. The number of alkyl halides is 1. The van der Waals surface area contributed by atoms with Crippen molar-refractivity contribution in [2.45, 2.75) is 38.4 Å². The van der Waals surface area contributed by atoms with E-state index in [-0.39, 0.29) is 5.41 Å². The first-order valence-corrected chi connectivity index (χ1v) is 4.21. The topological polar surface area (TPSA) is 30.7 Å². The SMILES string of the molecule is CCn1cnnc1C1(C)CC1F. The third kappa shape index (κ3) is 0.869. The van der Waals surface area contributed by atoms with Crippen LogP contribution in [0.1, 0.15) is 26.1 Å². The Morgan fingerprint density at radius 2 is 2.50 bits per heavy atom. The summed E-state index contributed by atoms with van der Waals surface area (Å²) in [5.74, 6) is 0.789. The normalized spacial score (nSPS) is 33.8. The van der Waals surface area contributed by atoms with Gasteiger partial charge in [-0.15, -0.1) is 10.2 Å². The minimum Gasteiger partial charge on any atom is -0.317 e. The summed E-state index contributed by atoms with van der Waals surface area (Å²) in [6.45, 7) is 4.71. The molecule has 1 saturated carbocycles. The van der Waals surface area contributed by atoms with Gasteiger partial charge in [-0.25, -0.2) is 4.39 Å². The van der Waals surface area contributed by atoms with Crippen LogP contribution < -0.4 is 0 Å². The summed E-state index contributed by atoms with van der Waals surface area (Å²) in [6.07, 6.45) is 1.52. The molecule has 2 rings (SSSR count). The number of aryl methyl sites for hydroxylation is 1. The van der Waals surface area contributed by atoms with Gasteiger partial charge in [0.15, 0.2) is 0 Å². The molecule has 2 unspecified atom stereocenters. The summed E-state index contributed by atoms with van der Waals surface area (Å²) in [6, 6.07) is 0. The second-order valence-corrected chi connectivity index (χ2v) is 3.53. The summed E-state index contributed by atoms with van der Waals surface area (Å²) < 4.78 is 14.9. The van der Waals surface area contributed by atoms with Crippen molar-refractivity contribution in [1.29, 1.82) is 0 Å². The first-order valence-electron chi connectivity index (χ1n) is 4.21. The highest BCUT2D eigenvalue weighted by atomic mass is 19.1. The molecular formula is C8H12FN3. The van der Waals surface area contributed by atoms with Gasteiger partial charge in [0.25, 0.3) is 0 Å². The first-order chi connectivity index (χ1) is 5.68. The molecule has 3 nitrogen and oxygen atoms in total. The molecule has 0 amide bonds. The predicted octanol–water partition coefficient (Wildman–Crippen LogP) is 1.30. The average Bonchev–Trinajstić information content (AvgIpc) is 2.56. The molecule has 66 valence electrons. The average molecular weight is 169 g/mol. The van der Waals surface area contributed by atoms with E-state index in [1.807, 2.05) is 18.4 Å². The van der Waals surface area contributed by atoms with Gasteiger partial charge in [-0.1, -0.05) is 0 Å². The minimum absolute atomic E-state index is 0.355. The molecule has 2 atom stereocenters. The van der Waals surface area contributed by atoms with Gasteiger partial charge < -0.3 is 4.57 Å². The molecule has 0 spiro atoms. The lowest BCUT2D eigenvalue weighted by atomic mass is 10.1. The monoisotopic (exact) mass is 169 g/mol. The van der Waals surface area contributed by atoms with Crippen LogP contribution in [0.25, 0.3) is 0 Å². The largest absolute Gasteiger partial charge is 0.317 e. The van der Waals surface area contributed by atoms with Gasteiger partial charge in [0.05, 0.1) is 5.41 Å². The Balaban J connectivity index is 2.34. The summed E-state index contributed by atoms with van der Waals surface area (Å²) >= 11 is 0. The number of hydrogen-bond donors (Lipinski definition) is 0. The summed E-state index contributed by atoms with van der Waals surface area (Å²) in [7, 11) is 0. The van der Waals surface area contributed by atoms with Crippen LogP contribution in [0, 0.1) is 0 Å². The molecule has 1 fully saturated rings. The van der Waals surface area contributed by atoms with E-state index in [0.717, 1.165) is 12.4 Å². The summed E-state index contributed by atoms with van der Waals surface area (Å²) in [5.41, 5.74) is -0.355. The van der Waals surface area contributed by atoms with Crippen molar-refractivity contribution in [1.82, 2.24) is 14.8 Å². The van der Waals surface area contributed by atoms with Crippen LogP contribution in [0.5, 0.6) is 0 Å². The van der Waals surface area contributed by atoms with Crippen molar-refractivity contribution in [2.75, 3.05) is 0 Å². The van der Waals surface area contributed by atoms with Crippen LogP contribution in [0.4, 0.5) is 4.39 Å². The minimum atomic E-state index is -0.730. The Hall–Kier alpha value is -0.930. The second kappa shape index (κ2) is 2.28. The maximum atomic E-state index is 13.0. The van der Waals surface area contributed by atoms with E-state index < -0.39 is 6.17 Å². The summed E-state index contributed by atoms with van der Waals surface area (Å²) in [4.78, 5) is 0. The third-order valence-corrected chi connectivity index (χ3v) is 2.60. The van der Waals surface area contributed by atoms with Crippen LogP contribution >= 0.6 is 0 Å². The number of nitrogens with zero attached hydrogens (tertiary/aromatic N) is 3. The maximum absolute atomic E-state index is 13.0. The standard InChI is InChI=1S/C8H12FN3/c1-3-12-5-10-11-7(12)8(2)4-6(8)9/h5-6H,3-4H2,1-2H3. The van der Waals surface area contributed by atoms with E-state index in [4.69, 9.17) is 0 Å². The lowest BCUT2D eigenvalue weighted by molar-refractivity contribution is 0.417. The van der Waals surface area contributed by atoms with E-state index in [9.17, 15) is 4.39 Å². The van der Waals surface area contributed by atoms with Crippen molar-refractivity contribution >= 4 is 0 Å². The van der Waals surface area contributed by atoms with Crippen LogP contribution in [0.2, 0.25) is 0 Å². The van der Waals surface area contributed by atoms with Gasteiger partial charge >= 0.3 is 0 Å². The van der Waals surface area contributed by atoms with Gasteiger partial charge in [0, 0.05) is 6.54 Å². The van der Waals surface area contributed by atoms with Gasteiger partial charge in [-0.05, 0) is 20.3 Å². The van der Waals surface area contributed by atoms with Crippen molar-refractivity contribution in [3.63, 3.8) is 0 Å². The highest BCUT2D eigenvalue weighted by Gasteiger charge is 2.55. The Morgan fingerprint density at radius 1 is 1.83 bits per heavy atom. The number of hydrogen-bond acceptors (Lipinski definition) is 2. The zero-order valence-corrected chi connectivity index (χ0v) is 7.29. The molecule has 0 bridgehead atoms. The molecule has 0 N–H and O–H groups in total. The van der Waals surface area contributed by atoms with E-state index >= 15 is 0 Å². The molecule has 12 heavy (non-hydrogen) atoms. The second-order valence-electron chi connectivity index (χ2n) is 3.53. The Kier molecular flexibility index (Phi) is 1.46. The zero-order chi connectivity index (χ0) is 8.77. The van der Waals surface area contributed by atoms with E-state index in [1.165, 1.54) is 0 Å². The van der Waals surface area contributed by atoms with Crippen molar-refractivity contribution < 1.29 is 4.39 Å². The Bertz CT molecular complexity index is 296. The molecule has 4 heteroatoms. The predicted molar refractivity (Wildman–Crippen MR) is 42.6 cm³/mol. The molecular weight excluding hydrogens is 157 g/mol. The smallest absolute Gasteiger partial charge is 0.141 e. The van der Waals surface area contributed by atoms with Gasteiger partial charge in [-0.3, -0.25) is 0 Å². The lowest BCUT2D eigenvalue weighted by Gasteiger charge is -2.08. The molecule has 0 radical (unpaired) electrons. The molecule has 1 aromatic rings. The molecule has 0 saturated heterocycles. The highest BCUT2D eigenvalue weighted by molar-refractivity contribution is 5.21. The fourth-order valence-corrected chi connectivity index (χ4v) is 1.47. The van der Waals surface area contributed by atoms with Gasteiger partial charge in [-0.2, -0.15) is 0 Å². The quantitative estimate of drug-likeness (QED) is 0.668. The van der Waals surface area contributed by atoms with E-state index in [1.54, 1.807) is 6.33 Å². The van der Waals surface area contributed by atoms with Crippen molar-refractivity contribution in [3.05, 3.63) is 12.2 Å². The fourth-order valence-electron chi connectivity index (χ4n) is 1.47. The molecule has 1 aliphatic rings.